The van der Waals surface area contributed by atoms with Gasteiger partial charge in [0.05, 0.1) is 21.1 Å². The van der Waals surface area contributed by atoms with E-state index in [2.05, 4.69) is 22.6 Å². The highest BCUT2D eigenvalue weighted by Gasteiger charge is 2.73. The van der Waals surface area contributed by atoms with E-state index in [-0.39, 0.29) is 11.6 Å². The average molecular weight is 772 g/mol. The van der Waals surface area contributed by atoms with Gasteiger partial charge in [0.25, 0.3) is 9.84 Å². The fourth-order valence-electron chi connectivity index (χ4n) is 3.64. The van der Waals surface area contributed by atoms with Crippen LogP contribution < -0.4 is 18.1 Å². The van der Waals surface area contributed by atoms with Gasteiger partial charge in [-0.3, -0.25) is 4.48 Å². The van der Waals surface area contributed by atoms with Gasteiger partial charge in [-0.2, -0.15) is 48.3 Å². The normalized spacial score (nSPS) is 16.4. The predicted molar refractivity (Wildman–Crippen MR) is 148 cm³/mol. The van der Waals surface area contributed by atoms with Crippen molar-refractivity contribution in [2.45, 2.75) is 33.1 Å². The van der Waals surface area contributed by atoms with E-state index >= 15 is 8.78 Å². The van der Waals surface area contributed by atoms with Crippen molar-refractivity contribution in [3.8, 4) is 11.5 Å². The van der Waals surface area contributed by atoms with Gasteiger partial charge in [-0.25, -0.2) is 25.3 Å². The van der Waals surface area contributed by atoms with E-state index in [0.717, 1.165) is 39.4 Å². The lowest BCUT2D eigenvalue weighted by Gasteiger charge is -2.34. The third-order valence-electron chi connectivity index (χ3n) is 5.78. The molecule has 270 valence electrons. The van der Waals surface area contributed by atoms with Gasteiger partial charge in [0.2, 0.25) is 0 Å². The standard InChI is InChI=1S/C24H22F11N2O8S3/c1-6-14-8-11-16(12-9-14)44-22(31,20(25,26)27)46(38,39)19-17(13-10-15(7-2)18(19)37(3,4)5)45-23(32,21(28,29)30)47(40,41)36-48(42,43)24(33,34)35/h6-13,36H,1-2H2,3-5H3/q+1. The minimum atomic E-state index is -7.71. The summed E-state index contributed by atoms with van der Waals surface area (Å²) in [6.45, 7) is 6.58. The maximum absolute atomic E-state index is 16.2. The highest BCUT2D eigenvalue weighted by atomic mass is 32.3. The molecule has 1 N–H and O–H groups in total. The van der Waals surface area contributed by atoms with Crippen LogP contribution in [-0.2, 0) is 29.9 Å². The molecule has 0 aromatic heterocycles. The van der Waals surface area contributed by atoms with Crippen molar-refractivity contribution in [1.29, 1.82) is 0 Å². The van der Waals surface area contributed by atoms with Gasteiger partial charge in [0, 0.05) is 5.56 Å². The number of hydrogen-bond donors (Lipinski definition) is 1. The lowest BCUT2D eigenvalue weighted by molar-refractivity contribution is -0.262. The van der Waals surface area contributed by atoms with E-state index in [4.69, 9.17) is 0 Å². The van der Waals surface area contributed by atoms with Gasteiger partial charge in [-0.1, -0.05) is 41.6 Å². The molecule has 0 heterocycles. The molecule has 0 aliphatic rings. The zero-order valence-corrected chi connectivity index (χ0v) is 26.6. The third-order valence-corrected chi connectivity index (χ3v) is 11.1. The van der Waals surface area contributed by atoms with Gasteiger partial charge >= 0.3 is 48.3 Å². The van der Waals surface area contributed by atoms with Crippen LogP contribution in [0.1, 0.15) is 11.1 Å². The Balaban J connectivity index is 3.14. The summed E-state index contributed by atoms with van der Waals surface area (Å²) >= 11 is 0. The fourth-order valence-corrected chi connectivity index (χ4v) is 7.90. The summed E-state index contributed by atoms with van der Waals surface area (Å²) in [5.74, 6) is -3.58. The molecule has 2 unspecified atom stereocenters. The third kappa shape index (κ3) is 7.25. The molecule has 2 rings (SSSR count). The number of alkyl halides is 11. The number of nitrogens with one attached hydrogen (secondary N) is 1. The Morgan fingerprint density at radius 3 is 1.52 bits per heavy atom. The Morgan fingerprint density at radius 1 is 0.667 bits per heavy atom. The number of ether oxygens (including phenoxy) is 2. The molecule has 0 saturated heterocycles. The van der Waals surface area contributed by atoms with Crippen molar-refractivity contribution in [1.82, 2.24) is 8.61 Å². The molecule has 10 nitrogen and oxygen atoms in total. The quantitative estimate of drug-likeness (QED) is 0.220. The zero-order chi connectivity index (χ0) is 37.7. The lowest BCUT2D eigenvalue weighted by atomic mass is 10.1. The smallest absolute Gasteiger partial charge is 0.439 e. The second kappa shape index (κ2) is 12.4. The average Bonchev–Trinajstić information content (AvgIpc) is 2.89. The maximum Gasteiger partial charge on any atom is 0.512 e. The van der Waals surface area contributed by atoms with Crippen LogP contribution in [0.3, 0.4) is 0 Å². The summed E-state index contributed by atoms with van der Waals surface area (Å²) in [7, 11) is -19.5. The van der Waals surface area contributed by atoms with Crippen LogP contribution in [0.25, 0.3) is 12.2 Å². The van der Waals surface area contributed by atoms with Crippen molar-refractivity contribution in [3.05, 3.63) is 60.7 Å². The lowest BCUT2D eigenvalue weighted by Crippen LogP contribution is -2.59. The van der Waals surface area contributed by atoms with Gasteiger partial charge in [-0.05, 0) is 29.8 Å². The van der Waals surface area contributed by atoms with E-state index in [1.807, 2.05) is 0 Å². The Morgan fingerprint density at radius 2 is 1.15 bits per heavy atom. The van der Waals surface area contributed by atoms with Crippen LogP contribution in [0.4, 0.5) is 54.0 Å². The molecule has 0 spiro atoms. The molecule has 48 heavy (non-hydrogen) atoms. The molecule has 0 fully saturated rings. The number of benzene rings is 2. The SMILES string of the molecule is C=Cc1ccc(OC(F)(C(F)(F)F)S(=O)(=O)c2c(OC(F)(C(F)(F)F)S(=O)(=O)NS(=O)(=O)C(F)(F)F)ccc(C=C)c2[N+](C)(C)C)cc1. The van der Waals surface area contributed by atoms with Gasteiger partial charge < -0.3 is 9.47 Å². The van der Waals surface area contributed by atoms with Gasteiger partial charge in [-0.15, -0.1) is 0 Å². The van der Waals surface area contributed by atoms with Crippen molar-refractivity contribution >= 4 is 47.7 Å². The topological polar surface area (TPSA) is 133 Å². The Bertz CT molecular complexity index is 1900. The molecule has 2 aromatic carbocycles. The van der Waals surface area contributed by atoms with Crippen molar-refractivity contribution in [2.75, 3.05) is 21.1 Å². The first-order valence-corrected chi connectivity index (χ1v) is 16.5. The molecule has 2 atom stereocenters. The molecule has 0 radical (unpaired) electrons. The molecular formula is C24H22F11N2O8S3+. The molecular weight excluding hydrogens is 749 g/mol. The summed E-state index contributed by atoms with van der Waals surface area (Å²) in [6, 6.07) is 3.51. The molecule has 0 aliphatic carbocycles. The van der Waals surface area contributed by atoms with Crippen LogP contribution in [0.15, 0.2) is 54.5 Å². The maximum atomic E-state index is 16.2. The second-order valence-electron chi connectivity index (χ2n) is 10.1. The van der Waals surface area contributed by atoms with Crippen molar-refractivity contribution in [2.24, 2.45) is 0 Å². The molecule has 0 aliphatic heterocycles. The molecule has 2 aromatic rings. The van der Waals surface area contributed by atoms with E-state index in [1.54, 1.807) is 0 Å². The highest BCUT2D eigenvalue weighted by Crippen LogP contribution is 2.51. The number of sulfone groups is 1. The van der Waals surface area contributed by atoms with Crippen LogP contribution >= 0.6 is 0 Å². The van der Waals surface area contributed by atoms with E-state index in [0.29, 0.717) is 24.3 Å². The number of halogens is 11. The number of quaternary nitrogens is 1. The summed E-state index contributed by atoms with van der Waals surface area (Å²) in [5.41, 5.74) is -8.30. The summed E-state index contributed by atoms with van der Waals surface area (Å²) in [6.07, 6.45) is -12.0. The fraction of sp³-hybridized carbons (Fsp3) is 0.333. The highest BCUT2D eigenvalue weighted by molar-refractivity contribution is 8.05. The van der Waals surface area contributed by atoms with Gasteiger partial charge in [0.1, 0.15) is 11.5 Å². The minimum absolute atomic E-state index is 0.118. The Hall–Kier alpha value is -3.48. The molecule has 0 saturated carbocycles. The first-order valence-electron chi connectivity index (χ1n) is 12.1. The molecule has 0 amide bonds. The van der Waals surface area contributed by atoms with Crippen LogP contribution in [0.5, 0.6) is 11.5 Å². The van der Waals surface area contributed by atoms with E-state index in [1.165, 1.54) is 0 Å². The second-order valence-corrected chi connectivity index (χ2v) is 15.7. The van der Waals surface area contributed by atoms with Crippen molar-refractivity contribution < 1.29 is 83.0 Å². The predicted octanol–water partition coefficient (Wildman–Crippen LogP) is 5.54. The largest absolute Gasteiger partial charge is 0.512 e. The van der Waals surface area contributed by atoms with Crippen molar-refractivity contribution in [3.63, 3.8) is 0 Å². The molecule has 24 heteroatoms. The monoisotopic (exact) mass is 771 g/mol. The Kier molecular flexibility index (Phi) is 10.5. The van der Waals surface area contributed by atoms with Gasteiger partial charge in [0.15, 0.2) is 10.6 Å². The van der Waals surface area contributed by atoms with Crippen LogP contribution in [-0.4, -0.2) is 74.6 Å². The first-order chi connectivity index (χ1) is 21.2. The first kappa shape index (κ1) is 40.7. The number of sulfonamides is 2. The van der Waals surface area contributed by atoms with E-state index in [9.17, 15) is 64.8 Å². The number of nitrogens with zero attached hydrogens (tertiary/aromatic N) is 1. The number of rotatable bonds is 12. The summed E-state index contributed by atoms with van der Waals surface area (Å²) < 4.78 is 236. The van der Waals surface area contributed by atoms with Crippen LogP contribution in [0.2, 0.25) is 0 Å². The summed E-state index contributed by atoms with van der Waals surface area (Å²) in [5, 5.41) is -12.7. The minimum Gasteiger partial charge on any atom is -0.439 e. The number of hydrogen-bond acceptors (Lipinski definition) is 8. The Labute approximate surface area is 265 Å². The zero-order valence-electron chi connectivity index (χ0n) is 24.1. The van der Waals surface area contributed by atoms with E-state index < -0.39 is 94.4 Å². The van der Waals surface area contributed by atoms with Crippen LogP contribution in [0, 0.1) is 0 Å². The molecule has 0 bridgehead atoms. The summed E-state index contributed by atoms with van der Waals surface area (Å²) in [4.78, 5) is -2.37.